The third kappa shape index (κ3) is 5.81. The van der Waals surface area contributed by atoms with Crippen molar-refractivity contribution in [3.05, 3.63) is 61.2 Å². The lowest BCUT2D eigenvalue weighted by atomic mass is 9.70. The van der Waals surface area contributed by atoms with Gasteiger partial charge in [0.05, 0.1) is 36.6 Å². The summed E-state index contributed by atoms with van der Waals surface area (Å²) in [5.41, 5.74) is -0.500. The second-order valence-electron chi connectivity index (χ2n) is 12.5. The average molecular weight is 610 g/mol. The summed E-state index contributed by atoms with van der Waals surface area (Å²) in [4.78, 5) is 60.1. The summed E-state index contributed by atoms with van der Waals surface area (Å²) < 4.78 is 12.8. The van der Waals surface area contributed by atoms with E-state index < -0.39 is 59.6 Å². The summed E-state index contributed by atoms with van der Waals surface area (Å²) in [6, 6.07) is 6.88. The van der Waals surface area contributed by atoms with Gasteiger partial charge in [-0.15, -0.1) is 13.2 Å². The fourth-order valence-electron chi connectivity index (χ4n) is 7.18. The number of likely N-dealkylation sites (N-methyl/N-ethyl adjacent to an activating group) is 1. The van der Waals surface area contributed by atoms with Crippen LogP contribution in [0.5, 0.6) is 0 Å². The van der Waals surface area contributed by atoms with Gasteiger partial charge < -0.3 is 29.3 Å². The van der Waals surface area contributed by atoms with Gasteiger partial charge >= 0.3 is 5.97 Å². The van der Waals surface area contributed by atoms with Crippen molar-refractivity contribution in [1.29, 1.82) is 0 Å². The first kappa shape index (κ1) is 33.4. The molecule has 3 fully saturated rings. The van der Waals surface area contributed by atoms with E-state index in [0.29, 0.717) is 24.8 Å². The summed E-state index contributed by atoms with van der Waals surface area (Å²) in [6.45, 7) is 14.7. The Bertz CT molecular complexity index is 1250. The second kappa shape index (κ2) is 13.6. The molecule has 0 aliphatic carbocycles. The van der Waals surface area contributed by atoms with Gasteiger partial charge in [-0.05, 0) is 52.5 Å². The fraction of sp³-hybridized carbons (Fsp3) is 0.588. The van der Waals surface area contributed by atoms with Gasteiger partial charge in [0.15, 0.2) is 0 Å². The predicted molar refractivity (Wildman–Crippen MR) is 165 cm³/mol. The van der Waals surface area contributed by atoms with Crippen LogP contribution in [-0.4, -0.2) is 99.6 Å². The maximum atomic E-state index is 14.2. The maximum Gasteiger partial charge on any atom is 0.313 e. The molecule has 3 aliphatic heterocycles. The Balaban J connectivity index is 1.69. The first-order chi connectivity index (χ1) is 20.9. The molecule has 240 valence electrons. The first-order valence-electron chi connectivity index (χ1n) is 15.6. The molecule has 8 atom stereocenters. The zero-order valence-corrected chi connectivity index (χ0v) is 26.6. The highest BCUT2D eigenvalue weighted by Gasteiger charge is 2.75. The molecule has 3 amide bonds. The minimum Gasteiger partial charge on any atom is -0.455 e. The summed E-state index contributed by atoms with van der Waals surface area (Å²) in [6.07, 6.45) is 3.66. The average Bonchev–Trinajstić information content (AvgIpc) is 3.67. The lowest BCUT2D eigenvalue weighted by Gasteiger charge is -2.39. The van der Waals surface area contributed by atoms with E-state index >= 15 is 0 Å². The molecule has 0 aromatic heterocycles. The number of aliphatic hydroxyl groups excluding tert-OH is 1. The van der Waals surface area contributed by atoms with Gasteiger partial charge in [0.25, 0.3) is 0 Å². The fourth-order valence-corrected chi connectivity index (χ4v) is 7.18. The van der Waals surface area contributed by atoms with Crippen molar-refractivity contribution in [2.45, 2.75) is 95.4 Å². The van der Waals surface area contributed by atoms with Gasteiger partial charge in [-0.3, -0.25) is 19.2 Å². The Kier molecular flexibility index (Phi) is 10.4. The predicted octanol–water partition coefficient (Wildman–Crippen LogP) is 3.26. The van der Waals surface area contributed by atoms with Gasteiger partial charge in [-0.25, -0.2) is 0 Å². The van der Waals surface area contributed by atoms with E-state index in [-0.39, 0.29) is 37.4 Å². The van der Waals surface area contributed by atoms with Crippen LogP contribution in [0.3, 0.4) is 0 Å². The van der Waals surface area contributed by atoms with Gasteiger partial charge in [0, 0.05) is 26.1 Å². The van der Waals surface area contributed by atoms with Crippen molar-refractivity contribution in [3.8, 4) is 0 Å². The number of benzene rings is 1. The molecule has 10 nitrogen and oxygen atoms in total. The van der Waals surface area contributed by atoms with E-state index in [1.54, 1.807) is 35.9 Å². The molecule has 44 heavy (non-hydrogen) atoms. The molecule has 1 N–H and O–H groups in total. The number of nitrogens with zero attached hydrogens (tertiary/aromatic N) is 3. The van der Waals surface area contributed by atoms with Gasteiger partial charge in [0.1, 0.15) is 17.7 Å². The number of carbonyl (C=O) groups excluding carboxylic acids is 4. The smallest absolute Gasteiger partial charge is 0.313 e. The highest BCUT2D eigenvalue weighted by molar-refractivity contribution is 5.98. The van der Waals surface area contributed by atoms with Crippen molar-refractivity contribution in [3.63, 3.8) is 0 Å². The number of hydrogen-bond acceptors (Lipinski definition) is 7. The molecular weight excluding hydrogens is 562 g/mol. The zero-order valence-electron chi connectivity index (χ0n) is 26.6. The molecule has 1 aromatic rings. The Morgan fingerprint density at radius 2 is 1.84 bits per heavy atom. The van der Waals surface area contributed by atoms with Crippen LogP contribution in [0.25, 0.3) is 0 Å². The number of likely N-dealkylation sites (tertiary alicyclic amines) is 1. The van der Waals surface area contributed by atoms with Crippen LogP contribution in [0.1, 0.15) is 65.0 Å². The van der Waals surface area contributed by atoms with Gasteiger partial charge in [-0.1, -0.05) is 42.5 Å². The highest BCUT2D eigenvalue weighted by atomic mass is 16.6. The van der Waals surface area contributed by atoms with Crippen LogP contribution >= 0.6 is 0 Å². The van der Waals surface area contributed by atoms with Crippen molar-refractivity contribution < 1.29 is 33.8 Å². The second-order valence-corrected chi connectivity index (χ2v) is 12.5. The van der Waals surface area contributed by atoms with Crippen molar-refractivity contribution in [2.75, 3.05) is 20.2 Å². The molecule has 0 radical (unpaired) electrons. The zero-order chi connectivity index (χ0) is 32.3. The van der Waals surface area contributed by atoms with Crippen LogP contribution in [-0.2, 0) is 28.7 Å². The molecule has 1 aromatic carbocycles. The number of esters is 1. The molecule has 1 spiro atoms. The molecule has 2 bridgehead atoms. The molecule has 4 rings (SSSR count). The van der Waals surface area contributed by atoms with Gasteiger partial charge in [-0.2, -0.15) is 0 Å². The monoisotopic (exact) mass is 609 g/mol. The number of aliphatic hydroxyl groups is 1. The number of hydrogen-bond donors (Lipinski definition) is 1. The lowest BCUT2D eigenvalue weighted by molar-refractivity contribution is -0.165. The highest BCUT2D eigenvalue weighted by Crippen LogP contribution is 2.59. The molecule has 0 unspecified atom stereocenters. The van der Waals surface area contributed by atoms with E-state index in [2.05, 4.69) is 13.2 Å². The Morgan fingerprint density at radius 1 is 1.16 bits per heavy atom. The molecular formula is C34H47N3O7. The molecule has 10 heteroatoms. The van der Waals surface area contributed by atoms with Crippen LogP contribution in [0.4, 0.5) is 0 Å². The minimum atomic E-state index is -1.22. The van der Waals surface area contributed by atoms with Crippen LogP contribution < -0.4 is 0 Å². The van der Waals surface area contributed by atoms with Crippen LogP contribution in [0.2, 0.25) is 0 Å². The topological polar surface area (TPSA) is 117 Å². The number of fused-ring (bicyclic) bond motifs is 1. The van der Waals surface area contributed by atoms with E-state index in [0.717, 1.165) is 0 Å². The standard InChI is InChI=1S/C34H47N3O7/c1-8-10-16-26(39)35(7)23(6)29(24-14-12-11-13-15-24)43-33(42)27-25-17-18-34(44-25)28(27)31(40)37(22(5)20-38)30(34)32(41)36(19-9-2)21(3)4/h8-9,11-15,21-23,25,27-30,38H,1-2,10,16-20H2,3-7H3/t22-,23-,25-,27+,28+,29+,30-,34+/m1/s1. The number of rotatable bonds is 14. The van der Waals surface area contributed by atoms with Crippen LogP contribution in [0, 0.1) is 11.8 Å². The van der Waals surface area contributed by atoms with Crippen molar-refractivity contribution >= 4 is 23.7 Å². The molecule has 3 aliphatic rings. The van der Waals surface area contributed by atoms with Crippen molar-refractivity contribution in [1.82, 2.24) is 14.7 Å². The summed E-state index contributed by atoms with van der Waals surface area (Å²) in [7, 11) is 1.68. The van der Waals surface area contributed by atoms with Crippen LogP contribution in [0.15, 0.2) is 55.6 Å². The summed E-state index contributed by atoms with van der Waals surface area (Å²) in [5.74, 6) is -3.26. The van der Waals surface area contributed by atoms with E-state index in [1.807, 2.05) is 51.1 Å². The molecule has 3 heterocycles. The Labute approximate surface area is 260 Å². The number of allylic oxidation sites excluding steroid dienone is 1. The minimum absolute atomic E-state index is 0.105. The number of ether oxygens (including phenoxy) is 2. The Morgan fingerprint density at radius 3 is 2.43 bits per heavy atom. The molecule has 0 saturated carbocycles. The van der Waals surface area contributed by atoms with Crippen molar-refractivity contribution in [2.24, 2.45) is 11.8 Å². The number of amides is 3. The third-order valence-corrected chi connectivity index (χ3v) is 9.59. The Hall–Kier alpha value is -3.50. The maximum absolute atomic E-state index is 14.2. The largest absolute Gasteiger partial charge is 0.455 e. The third-order valence-electron chi connectivity index (χ3n) is 9.59. The normalized spacial score (nSPS) is 27.4. The van der Waals surface area contributed by atoms with E-state index in [1.165, 1.54) is 4.90 Å². The van der Waals surface area contributed by atoms with E-state index in [9.17, 15) is 24.3 Å². The summed E-state index contributed by atoms with van der Waals surface area (Å²) >= 11 is 0. The van der Waals surface area contributed by atoms with E-state index in [4.69, 9.17) is 9.47 Å². The van der Waals surface area contributed by atoms with Gasteiger partial charge in [0.2, 0.25) is 17.7 Å². The quantitative estimate of drug-likeness (QED) is 0.254. The number of carbonyl (C=O) groups is 4. The molecule has 3 saturated heterocycles. The first-order valence-corrected chi connectivity index (χ1v) is 15.6. The SMILES string of the molecule is C=CCCC(=O)N(C)[C@H](C)[C@H](OC(=O)[C@@H]1[C@H]2C(=O)N([C@H](C)CO)[C@H](C(=O)N(CC=C)C(C)C)[C@]23CC[C@H]1O3)c1ccccc1. The lowest BCUT2D eigenvalue weighted by Crippen LogP contribution is -2.59. The summed E-state index contributed by atoms with van der Waals surface area (Å²) in [5, 5.41) is 10.1.